The molecular weight excluding hydrogens is 350 g/mol. The largest absolute Gasteiger partial charge is 0.491 e. The van der Waals surface area contributed by atoms with Crippen molar-refractivity contribution in [3.8, 4) is 5.75 Å². The highest BCUT2D eigenvalue weighted by molar-refractivity contribution is 9.10. The fourth-order valence-electron chi connectivity index (χ4n) is 1.48. The molecule has 0 spiro atoms. The second-order valence-electron chi connectivity index (χ2n) is 3.61. The molecule has 0 atom stereocenters. The summed E-state index contributed by atoms with van der Waals surface area (Å²) in [5.41, 5.74) is 0.755. The third kappa shape index (κ3) is 3.79. The van der Waals surface area contributed by atoms with Crippen LogP contribution >= 0.6 is 39.9 Å². The van der Waals surface area contributed by atoms with Crippen molar-refractivity contribution in [2.24, 2.45) is 0 Å². The number of hydrogen-bond donors (Lipinski definition) is 2. The molecule has 1 amide bonds. The van der Waals surface area contributed by atoms with Gasteiger partial charge in [0.1, 0.15) is 16.7 Å². The van der Waals surface area contributed by atoms with Gasteiger partial charge in [-0.15, -0.1) is 0 Å². The minimum Gasteiger partial charge on any atom is -0.491 e. The van der Waals surface area contributed by atoms with Gasteiger partial charge in [-0.05, 0) is 24.3 Å². The van der Waals surface area contributed by atoms with Crippen LogP contribution in [0.4, 0.5) is 0 Å². The molecule has 1 aliphatic rings. The quantitative estimate of drug-likeness (QED) is 0.638. The van der Waals surface area contributed by atoms with Gasteiger partial charge in [0.05, 0.1) is 11.5 Å². The highest BCUT2D eigenvalue weighted by Crippen LogP contribution is 2.31. The molecule has 0 unspecified atom stereocenters. The number of aliphatic hydroxyl groups excluding tert-OH is 1. The zero-order valence-electron chi connectivity index (χ0n) is 9.68. The van der Waals surface area contributed by atoms with Crippen molar-refractivity contribution in [3.05, 3.63) is 33.1 Å². The molecule has 2 N–H and O–H groups in total. The number of hydrogen-bond acceptors (Lipinski definition) is 5. The van der Waals surface area contributed by atoms with E-state index in [9.17, 15) is 4.79 Å². The fourth-order valence-corrected chi connectivity index (χ4v) is 2.90. The van der Waals surface area contributed by atoms with Crippen molar-refractivity contribution in [3.63, 3.8) is 0 Å². The lowest BCUT2D eigenvalue weighted by Crippen LogP contribution is -2.17. The molecule has 0 aromatic heterocycles. The fraction of sp³-hybridized carbons (Fsp3) is 0.167. The van der Waals surface area contributed by atoms with E-state index < -0.39 is 0 Å². The molecule has 0 radical (unpaired) electrons. The van der Waals surface area contributed by atoms with Crippen LogP contribution in [0.25, 0.3) is 6.08 Å². The molecule has 1 aromatic rings. The third-order valence-electron chi connectivity index (χ3n) is 2.25. The molecule has 1 aliphatic heterocycles. The number of halogens is 1. The average Bonchev–Trinajstić information content (AvgIpc) is 2.67. The van der Waals surface area contributed by atoms with Gasteiger partial charge in [-0.1, -0.05) is 39.9 Å². The smallest absolute Gasteiger partial charge is 0.263 e. The molecule has 7 heteroatoms. The number of benzene rings is 1. The van der Waals surface area contributed by atoms with E-state index in [2.05, 4.69) is 21.2 Å². The van der Waals surface area contributed by atoms with Gasteiger partial charge >= 0.3 is 0 Å². The van der Waals surface area contributed by atoms with Gasteiger partial charge in [0.15, 0.2) is 0 Å². The van der Waals surface area contributed by atoms with Crippen LogP contribution < -0.4 is 10.1 Å². The summed E-state index contributed by atoms with van der Waals surface area (Å²) in [6, 6.07) is 5.46. The van der Waals surface area contributed by atoms with Crippen LogP contribution in [-0.2, 0) is 4.79 Å². The molecule has 0 bridgehead atoms. The highest BCUT2D eigenvalue weighted by Gasteiger charge is 2.22. The molecule has 100 valence electrons. The van der Waals surface area contributed by atoms with Gasteiger partial charge in [-0.2, -0.15) is 0 Å². The van der Waals surface area contributed by atoms with E-state index in [1.165, 1.54) is 11.8 Å². The molecule has 1 aromatic carbocycles. The van der Waals surface area contributed by atoms with Gasteiger partial charge in [0.25, 0.3) is 5.91 Å². The van der Waals surface area contributed by atoms with Gasteiger partial charge in [-0.25, -0.2) is 0 Å². The van der Waals surface area contributed by atoms with E-state index in [0.29, 0.717) is 15.0 Å². The molecule has 1 saturated heterocycles. The Morgan fingerprint density at radius 3 is 2.95 bits per heavy atom. The maximum Gasteiger partial charge on any atom is 0.263 e. The van der Waals surface area contributed by atoms with E-state index in [1.54, 1.807) is 12.1 Å². The number of carbonyl (C=O) groups excluding carboxylic acids is 1. The lowest BCUT2D eigenvalue weighted by atomic mass is 10.2. The molecule has 0 aliphatic carbocycles. The molecule has 19 heavy (non-hydrogen) atoms. The van der Waals surface area contributed by atoms with Crippen LogP contribution in [0.5, 0.6) is 5.75 Å². The summed E-state index contributed by atoms with van der Waals surface area (Å²) in [4.78, 5) is 12.1. The van der Waals surface area contributed by atoms with Crippen molar-refractivity contribution < 1.29 is 14.6 Å². The Bertz CT molecular complexity index is 560. The monoisotopic (exact) mass is 359 g/mol. The average molecular weight is 360 g/mol. The Morgan fingerprint density at radius 1 is 1.53 bits per heavy atom. The van der Waals surface area contributed by atoms with Crippen molar-refractivity contribution >= 4 is 56.2 Å². The van der Waals surface area contributed by atoms with Gasteiger partial charge < -0.3 is 15.2 Å². The molecule has 1 fully saturated rings. The van der Waals surface area contributed by atoms with Gasteiger partial charge in [0.2, 0.25) is 0 Å². The number of thiocarbonyl (C=S) groups is 1. The number of ether oxygens (including phenoxy) is 1. The van der Waals surface area contributed by atoms with Crippen molar-refractivity contribution in [1.82, 2.24) is 5.32 Å². The number of rotatable bonds is 4. The summed E-state index contributed by atoms with van der Waals surface area (Å²) in [6.07, 6.45) is 1.72. The van der Waals surface area contributed by atoms with Gasteiger partial charge in [0, 0.05) is 10.0 Å². The third-order valence-corrected chi connectivity index (χ3v) is 3.91. The van der Waals surface area contributed by atoms with Crippen LogP contribution in [0.15, 0.2) is 27.6 Å². The summed E-state index contributed by atoms with van der Waals surface area (Å²) in [7, 11) is 0. The number of thioether (sulfide) groups is 1. The van der Waals surface area contributed by atoms with Crippen molar-refractivity contribution in [2.75, 3.05) is 13.2 Å². The molecular formula is C12H10BrNO3S2. The van der Waals surface area contributed by atoms with Crippen LogP contribution in [0.3, 0.4) is 0 Å². The van der Waals surface area contributed by atoms with Crippen LogP contribution in [-0.4, -0.2) is 28.5 Å². The maximum atomic E-state index is 11.6. The first kappa shape index (κ1) is 14.5. The SMILES string of the molecule is O=C1NC(=S)S/C1=C\c1cc(Br)ccc1OCCO. The number of amides is 1. The molecule has 4 nitrogen and oxygen atoms in total. The summed E-state index contributed by atoms with van der Waals surface area (Å²) in [6.45, 7) is 0.140. The first-order valence-corrected chi connectivity index (χ1v) is 7.40. The predicted molar refractivity (Wildman–Crippen MR) is 83.0 cm³/mol. The number of nitrogens with one attached hydrogen (secondary N) is 1. The van der Waals surface area contributed by atoms with Crippen LogP contribution in [0.2, 0.25) is 0 Å². The maximum absolute atomic E-state index is 11.6. The lowest BCUT2D eigenvalue weighted by molar-refractivity contribution is -0.115. The second-order valence-corrected chi connectivity index (χ2v) is 6.24. The highest BCUT2D eigenvalue weighted by atomic mass is 79.9. The Labute approximate surface area is 128 Å². The minimum atomic E-state index is -0.205. The Kier molecular flexibility index (Phi) is 4.98. The minimum absolute atomic E-state index is 0.0641. The Morgan fingerprint density at radius 2 is 2.32 bits per heavy atom. The van der Waals surface area contributed by atoms with Crippen molar-refractivity contribution in [1.29, 1.82) is 0 Å². The van der Waals surface area contributed by atoms with Crippen LogP contribution in [0, 0.1) is 0 Å². The summed E-state index contributed by atoms with van der Waals surface area (Å²) in [5.74, 6) is 0.402. The zero-order chi connectivity index (χ0) is 13.8. The Hall–Kier alpha value is -0.890. The topological polar surface area (TPSA) is 58.6 Å². The zero-order valence-corrected chi connectivity index (χ0v) is 12.9. The lowest BCUT2D eigenvalue weighted by Gasteiger charge is -2.08. The molecule has 0 saturated carbocycles. The van der Waals surface area contributed by atoms with E-state index in [1.807, 2.05) is 12.1 Å². The summed E-state index contributed by atoms with van der Waals surface area (Å²) >= 11 is 9.53. The van der Waals surface area contributed by atoms with E-state index in [-0.39, 0.29) is 19.1 Å². The standard InChI is InChI=1S/C12H10BrNO3S2/c13-8-1-2-9(17-4-3-15)7(5-8)6-10-11(16)14-12(18)19-10/h1-2,5-6,15H,3-4H2,(H,14,16,18)/b10-6-. The van der Waals surface area contributed by atoms with E-state index in [4.69, 9.17) is 22.1 Å². The van der Waals surface area contributed by atoms with Crippen LogP contribution in [0.1, 0.15) is 5.56 Å². The van der Waals surface area contributed by atoms with Crippen molar-refractivity contribution in [2.45, 2.75) is 0 Å². The molecule has 2 rings (SSSR count). The first-order valence-electron chi connectivity index (χ1n) is 5.38. The Balaban J connectivity index is 2.32. The summed E-state index contributed by atoms with van der Waals surface area (Å²) < 4.78 is 6.75. The predicted octanol–water partition coefficient (Wildman–Crippen LogP) is 2.31. The summed E-state index contributed by atoms with van der Waals surface area (Å²) in [5, 5.41) is 11.4. The second kappa shape index (κ2) is 6.51. The number of carbonyl (C=O) groups is 1. The van der Waals surface area contributed by atoms with Gasteiger partial charge in [-0.3, -0.25) is 4.79 Å². The molecule has 1 heterocycles. The van der Waals surface area contributed by atoms with E-state index in [0.717, 1.165) is 10.0 Å². The first-order chi connectivity index (χ1) is 9.10. The number of aliphatic hydroxyl groups is 1. The van der Waals surface area contributed by atoms with E-state index >= 15 is 0 Å². The normalized spacial score (nSPS) is 16.8.